The average Bonchev–Trinajstić information content (AvgIpc) is 3.38. The predicted molar refractivity (Wildman–Crippen MR) is 118 cm³/mol. The lowest BCUT2D eigenvalue weighted by molar-refractivity contribution is 0.262. The number of urea groups is 1. The van der Waals surface area contributed by atoms with E-state index in [1.165, 1.54) is 11.3 Å². The summed E-state index contributed by atoms with van der Waals surface area (Å²) >= 11 is 4.76. The largest absolute Gasteiger partial charge is 0.325 e. The molecule has 0 aliphatic rings. The first-order chi connectivity index (χ1) is 14.2. The average molecular weight is 446 g/mol. The van der Waals surface area contributed by atoms with Crippen molar-refractivity contribution < 1.29 is 9.18 Å². The third-order valence-electron chi connectivity index (χ3n) is 3.91. The molecule has 6 nitrogen and oxygen atoms in total. The fourth-order valence-corrected chi connectivity index (χ4v) is 5.45. The molecule has 0 atom stereocenters. The van der Waals surface area contributed by atoms with Crippen LogP contribution in [-0.4, -0.2) is 26.7 Å². The Morgan fingerprint density at radius 2 is 2.10 bits per heavy atom. The Labute approximate surface area is 178 Å². The standard InChI is InChI=1S/C19H16FN5OS3/c20-9-12-2-1-3-13(8-12)24-18(26)25-19-21-10-14(29-19)4-6-28-17-16-15(5-7-27-16)22-11-23-17/h1-3,5,7-8,10-11H,4,6,9H2,(H2,21,24,25,26). The molecular weight excluding hydrogens is 429 g/mol. The van der Waals surface area contributed by atoms with Crippen LogP contribution >= 0.6 is 34.4 Å². The van der Waals surface area contributed by atoms with Gasteiger partial charge in [-0.2, -0.15) is 0 Å². The molecule has 3 aromatic heterocycles. The lowest BCUT2D eigenvalue weighted by Gasteiger charge is -2.06. The number of aryl methyl sites for hydroxylation is 1. The SMILES string of the molecule is O=C(Nc1cccc(CF)c1)Nc1ncc(CCSc2ncnc3ccsc23)s1. The number of amides is 2. The number of aromatic nitrogens is 3. The maximum absolute atomic E-state index is 12.7. The van der Waals surface area contributed by atoms with E-state index < -0.39 is 12.7 Å². The Morgan fingerprint density at radius 3 is 3.00 bits per heavy atom. The zero-order valence-electron chi connectivity index (χ0n) is 15.1. The minimum absolute atomic E-state index is 0.405. The van der Waals surface area contributed by atoms with E-state index >= 15 is 0 Å². The number of halogens is 1. The summed E-state index contributed by atoms with van der Waals surface area (Å²) in [4.78, 5) is 26.1. The fourth-order valence-electron chi connectivity index (χ4n) is 2.59. The van der Waals surface area contributed by atoms with Crippen LogP contribution in [0.15, 0.2) is 53.3 Å². The van der Waals surface area contributed by atoms with Gasteiger partial charge < -0.3 is 5.32 Å². The summed E-state index contributed by atoms with van der Waals surface area (Å²) in [5.74, 6) is 0.855. The van der Waals surface area contributed by atoms with Gasteiger partial charge in [-0.15, -0.1) is 34.4 Å². The second-order valence-electron chi connectivity index (χ2n) is 5.96. The van der Waals surface area contributed by atoms with Crippen molar-refractivity contribution in [1.82, 2.24) is 15.0 Å². The Balaban J connectivity index is 1.29. The van der Waals surface area contributed by atoms with Crippen molar-refractivity contribution in [3.8, 4) is 0 Å². The van der Waals surface area contributed by atoms with Crippen LogP contribution in [0.2, 0.25) is 0 Å². The number of nitrogens with zero attached hydrogens (tertiary/aromatic N) is 3. The summed E-state index contributed by atoms with van der Waals surface area (Å²) in [5.41, 5.74) is 2.02. The highest BCUT2D eigenvalue weighted by molar-refractivity contribution is 7.99. The lowest BCUT2D eigenvalue weighted by Crippen LogP contribution is -2.19. The number of thiophene rings is 1. The smallest absolute Gasteiger partial charge is 0.308 e. The van der Waals surface area contributed by atoms with Crippen molar-refractivity contribution in [2.24, 2.45) is 0 Å². The van der Waals surface area contributed by atoms with Gasteiger partial charge in [0.15, 0.2) is 5.13 Å². The summed E-state index contributed by atoms with van der Waals surface area (Å²) < 4.78 is 13.8. The number of carbonyl (C=O) groups excluding carboxylic acids is 1. The Kier molecular flexibility index (Phi) is 6.33. The van der Waals surface area contributed by atoms with E-state index in [1.54, 1.807) is 59.9 Å². The molecule has 4 rings (SSSR count). The van der Waals surface area contributed by atoms with Gasteiger partial charge in [0.1, 0.15) is 18.0 Å². The number of nitrogens with one attached hydrogen (secondary N) is 2. The van der Waals surface area contributed by atoms with Gasteiger partial charge in [-0.1, -0.05) is 12.1 Å². The summed E-state index contributed by atoms with van der Waals surface area (Å²) in [6.07, 6.45) is 4.18. The number of fused-ring (bicyclic) bond motifs is 1. The van der Waals surface area contributed by atoms with Crippen LogP contribution in [0.3, 0.4) is 0 Å². The van der Waals surface area contributed by atoms with Gasteiger partial charge in [-0.3, -0.25) is 5.32 Å². The van der Waals surface area contributed by atoms with Crippen LogP contribution in [0.25, 0.3) is 10.2 Å². The van der Waals surface area contributed by atoms with Gasteiger partial charge in [-0.25, -0.2) is 24.1 Å². The highest BCUT2D eigenvalue weighted by Crippen LogP contribution is 2.29. The molecule has 148 valence electrons. The molecule has 0 unspecified atom stereocenters. The highest BCUT2D eigenvalue weighted by atomic mass is 32.2. The van der Waals surface area contributed by atoms with E-state index in [0.29, 0.717) is 16.4 Å². The Bertz CT molecular complexity index is 1130. The lowest BCUT2D eigenvalue weighted by atomic mass is 10.2. The minimum atomic E-state index is -0.571. The molecule has 4 aromatic rings. The summed E-state index contributed by atoms with van der Waals surface area (Å²) in [6.45, 7) is -0.571. The fraction of sp³-hybridized carbons (Fsp3) is 0.158. The number of hydrogen-bond donors (Lipinski definition) is 2. The maximum Gasteiger partial charge on any atom is 0.325 e. The zero-order chi connectivity index (χ0) is 20.1. The molecule has 0 saturated carbocycles. The van der Waals surface area contributed by atoms with E-state index in [1.807, 2.05) is 11.4 Å². The maximum atomic E-state index is 12.7. The van der Waals surface area contributed by atoms with Crippen LogP contribution in [-0.2, 0) is 13.1 Å². The van der Waals surface area contributed by atoms with Crippen molar-refractivity contribution in [2.45, 2.75) is 18.1 Å². The van der Waals surface area contributed by atoms with E-state index in [4.69, 9.17) is 0 Å². The number of hydrogen-bond acceptors (Lipinski definition) is 7. The van der Waals surface area contributed by atoms with Crippen molar-refractivity contribution in [2.75, 3.05) is 16.4 Å². The van der Waals surface area contributed by atoms with E-state index in [0.717, 1.165) is 32.3 Å². The van der Waals surface area contributed by atoms with Crippen LogP contribution in [0.5, 0.6) is 0 Å². The Hall–Kier alpha value is -2.56. The molecule has 0 bridgehead atoms. The number of thioether (sulfide) groups is 1. The van der Waals surface area contributed by atoms with Crippen molar-refractivity contribution >= 4 is 61.5 Å². The van der Waals surface area contributed by atoms with Crippen LogP contribution < -0.4 is 10.6 Å². The number of carbonyl (C=O) groups is 1. The molecule has 0 saturated heterocycles. The third-order valence-corrected chi connectivity index (χ3v) is 6.91. The molecule has 2 amide bonds. The van der Waals surface area contributed by atoms with Gasteiger partial charge in [0.05, 0.1) is 10.2 Å². The number of alkyl halides is 1. The van der Waals surface area contributed by atoms with Gasteiger partial charge in [0.25, 0.3) is 0 Å². The molecule has 0 spiro atoms. The highest BCUT2D eigenvalue weighted by Gasteiger charge is 2.09. The molecule has 0 fully saturated rings. The van der Waals surface area contributed by atoms with E-state index in [-0.39, 0.29) is 0 Å². The van der Waals surface area contributed by atoms with Gasteiger partial charge >= 0.3 is 6.03 Å². The number of rotatable bonds is 7. The van der Waals surface area contributed by atoms with Gasteiger partial charge in [0, 0.05) is 22.5 Å². The monoisotopic (exact) mass is 445 g/mol. The number of anilines is 2. The first-order valence-electron chi connectivity index (χ1n) is 8.70. The predicted octanol–water partition coefficient (Wildman–Crippen LogP) is 5.60. The minimum Gasteiger partial charge on any atom is -0.308 e. The van der Waals surface area contributed by atoms with E-state index in [9.17, 15) is 9.18 Å². The second kappa shape index (κ2) is 9.29. The van der Waals surface area contributed by atoms with E-state index in [2.05, 4.69) is 25.6 Å². The molecule has 0 aliphatic carbocycles. The van der Waals surface area contributed by atoms with Crippen LogP contribution in [0, 0.1) is 0 Å². The Morgan fingerprint density at radius 1 is 1.17 bits per heavy atom. The molecule has 2 N–H and O–H groups in total. The van der Waals surface area contributed by atoms with Crippen molar-refractivity contribution in [1.29, 1.82) is 0 Å². The molecule has 0 radical (unpaired) electrons. The van der Waals surface area contributed by atoms with Gasteiger partial charge in [-0.05, 0) is 35.6 Å². The van der Waals surface area contributed by atoms with Crippen molar-refractivity contribution in [3.63, 3.8) is 0 Å². The molecule has 0 aliphatic heterocycles. The molecular formula is C19H16FN5OS3. The van der Waals surface area contributed by atoms with Crippen molar-refractivity contribution in [3.05, 3.63) is 58.7 Å². The first kappa shape index (κ1) is 19.7. The third kappa shape index (κ3) is 5.08. The van der Waals surface area contributed by atoms with Crippen LogP contribution in [0.4, 0.5) is 20.0 Å². The summed E-state index contributed by atoms with van der Waals surface area (Å²) in [5, 5.41) is 8.93. The molecule has 3 heterocycles. The second-order valence-corrected chi connectivity index (χ2v) is 9.07. The quantitative estimate of drug-likeness (QED) is 0.286. The molecule has 1 aromatic carbocycles. The normalized spacial score (nSPS) is 10.9. The van der Waals surface area contributed by atoms with Crippen LogP contribution in [0.1, 0.15) is 10.4 Å². The zero-order valence-corrected chi connectivity index (χ0v) is 17.5. The first-order valence-corrected chi connectivity index (χ1v) is 11.4. The summed E-state index contributed by atoms with van der Waals surface area (Å²) in [6, 6.07) is 8.26. The molecule has 29 heavy (non-hydrogen) atoms. The van der Waals surface area contributed by atoms with Gasteiger partial charge in [0.2, 0.25) is 0 Å². The molecule has 10 heteroatoms. The topological polar surface area (TPSA) is 79.8 Å². The number of benzene rings is 1. The summed E-state index contributed by atoms with van der Waals surface area (Å²) in [7, 11) is 0. The number of thiazole rings is 1.